The molecule has 1 aromatic rings. The third-order valence-corrected chi connectivity index (χ3v) is 4.25. The van der Waals surface area contributed by atoms with Gasteiger partial charge in [-0.05, 0) is 45.2 Å². The van der Waals surface area contributed by atoms with Crippen molar-refractivity contribution in [3.8, 4) is 5.75 Å². The van der Waals surface area contributed by atoms with Crippen LogP contribution < -0.4 is 15.4 Å². The lowest BCUT2D eigenvalue weighted by atomic mass is 10.1. The maximum Gasteiger partial charge on any atom is 0.409 e. The minimum atomic E-state index is -0.274. The number of ether oxygens (including phenoxy) is 2. The number of hydrogen-bond donors (Lipinski definition) is 2. The fourth-order valence-electron chi connectivity index (χ4n) is 2.76. The molecule has 0 radical (unpaired) electrons. The summed E-state index contributed by atoms with van der Waals surface area (Å²) in [5, 5.41) is 5.80. The van der Waals surface area contributed by atoms with Gasteiger partial charge in [0.1, 0.15) is 5.75 Å². The molecule has 2 rings (SSSR count). The minimum absolute atomic E-state index is 0.0875. The first kappa shape index (κ1) is 19.9. The molecule has 1 aliphatic rings. The van der Waals surface area contributed by atoms with Crippen LogP contribution in [0.1, 0.15) is 31.7 Å². The number of aryl methyl sites for hydroxylation is 1. The molecule has 0 bridgehead atoms. The van der Waals surface area contributed by atoms with Crippen LogP contribution in [0.2, 0.25) is 0 Å². The number of hydrogen-bond acceptors (Lipinski definition) is 4. The van der Waals surface area contributed by atoms with E-state index in [4.69, 9.17) is 9.47 Å². The fourth-order valence-corrected chi connectivity index (χ4v) is 2.76. The van der Waals surface area contributed by atoms with E-state index in [0.717, 1.165) is 25.0 Å². The zero-order chi connectivity index (χ0) is 18.8. The van der Waals surface area contributed by atoms with E-state index in [2.05, 4.69) is 10.6 Å². The van der Waals surface area contributed by atoms with Gasteiger partial charge in [0, 0.05) is 25.7 Å². The smallest absolute Gasteiger partial charge is 0.409 e. The Morgan fingerprint density at radius 3 is 2.54 bits per heavy atom. The number of carbonyl (C=O) groups is 2. The summed E-state index contributed by atoms with van der Waals surface area (Å²) in [6.07, 6.45) is 1.94. The second kappa shape index (κ2) is 10.5. The minimum Gasteiger partial charge on any atom is -0.494 e. The number of piperidine rings is 1. The highest BCUT2D eigenvalue weighted by Gasteiger charge is 2.24. The van der Waals surface area contributed by atoms with Gasteiger partial charge in [-0.25, -0.2) is 9.59 Å². The molecule has 0 aliphatic carbocycles. The second-order valence-corrected chi connectivity index (χ2v) is 6.38. The Labute approximate surface area is 155 Å². The first-order chi connectivity index (χ1) is 12.6. The Bertz CT molecular complexity index is 569. The molecule has 2 N–H and O–H groups in total. The highest BCUT2D eigenvalue weighted by molar-refractivity contribution is 5.74. The van der Waals surface area contributed by atoms with Gasteiger partial charge in [0.15, 0.2) is 0 Å². The monoisotopic (exact) mass is 363 g/mol. The van der Waals surface area contributed by atoms with Gasteiger partial charge >= 0.3 is 12.1 Å². The summed E-state index contributed by atoms with van der Waals surface area (Å²) in [5.74, 6) is 0.841. The Balaban J connectivity index is 1.54. The summed E-state index contributed by atoms with van der Waals surface area (Å²) in [6, 6.07) is 7.82. The molecule has 3 amide bonds. The van der Waals surface area contributed by atoms with Crippen molar-refractivity contribution in [1.29, 1.82) is 0 Å². The molecule has 0 aromatic heterocycles. The molecule has 144 valence electrons. The Morgan fingerprint density at radius 1 is 1.19 bits per heavy atom. The molecular weight excluding hydrogens is 334 g/mol. The zero-order valence-corrected chi connectivity index (χ0v) is 15.6. The number of amides is 3. The van der Waals surface area contributed by atoms with Gasteiger partial charge in [-0.3, -0.25) is 0 Å². The molecule has 1 aromatic carbocycles. The van der Waals surface area contributed by atoms with Gasteiger partial charge in [0.05, 0.1) is 13.2 Å². The fraction of sp³-hybridized carbons (Fsp3) is 0.579. The number of urea groups is 1. The van der Waals surface area contributed by atoms with Crippen LogP contribution >= 0.6 is 0 Å². The largest absolute Gasteiger partial charge is 0.494 e. The molecule has 1 heterocycles. The normalized spacial score (nSPS) is 14.6. The molecule has 1 saturated heterocycles. The van der Waals surface area contributed by atoms with Crippen molar-refractivity contribution in [3.05, 3.63) is 29.8 Å². The van der Waals surface area contributed by atoms with Gasteiger partial charge in [-0.15, -0.1) is 0 Å². The number of likely N-dealkylation sites (tertiary alicyclic amines) is 1. The molecule has 0 saturated carbocycles. The number of rotatable bonds is 7. The lowest BCUT2D eigenvalue weighted by molar-refractivity contribution is 0.0957. The first-order valence-electron chi connectivity index (χ1n) is 9.24. The van der Waals surface area contributed by atoms with Crippen molar-refractivity contribution in [1.82, 2.24) is 15.5 Å². The van der Waals surface area contributed by atoms with E-state index in [0.29, 0.717) is 32.8 Å². The van der Waals surface area contributed by atoms with Crippen molar-refractivity contribution in [2.45, 2.75) is 39.2 Å². The zero-order valence-electron chi connectivity index (χ0n) is 15.6. The highest BCUT2D eigenvalue weighted by Crippen LogP contribution is 2.12. The van der Waals surface area contributed by atoms with Crippen LogP contribution in [0, 0.1) is 6.92 Å². The van der Waals surface area contributed by atoms with Crippen molar-refractivity contribution in [2.24, 2.45) is 0 Å². The maximum atomic E-state index is 11.9. The molecule has 0 spiro atoms. The maximum absolute atomic E-state index is 11.9. The van der Waals surface area contributed by atoms with Crippen LogP contribution in [0.15, 0.2) is 24.3 Å². The van der Waals surface area contributed by atoms with E-state index >= 15 is 0 Å². The summed E-state index contributed by atoms with van der Waals surface area (Å²) in [4.78, 5) is 25.3. The molecule has 7 heteroatoms. The average molecular weight is 363 g/mol. The molecule has 0 atom stereocenters. The van der Waals surface area contributed by atoms with Crippen LogP contribution in [-0.2, 0) is 4.74 Å². The molecule has 0 unspecified atom stereocenters. The van der Waals surface area contributed by atoms with E-state index in [1.54, 1.807) is 11.8 Å². The van der Waals surface area contributed by atoms with E-state index < -0.39 is 0 Å². The summed E-state index contributed by atoms with van der Waals surface area (Å²) >= 11 is 0. The topological polar surface area (TPSA) is 79.9 Å². The third kappa shape index (κ3) is 6.82. The number of nitrogens with zero attached hydrogens (tertiary/aromatic N) is 1. The lowest BCUT2D eigenvalue weighted by Gasteiger charge is -2.31. The SMILES string of the molecule is CCOC(=O)N1CCC(NC(=O)NCCCOc2ccc(C)cc2)CC1. The molecule has 26 heavy (non-hydrogen) atoms. The van der Waals surface area contributed by atoms with Crippen LogP contribution in [0.5, 0.6) is 5.75 Å². The predicted molar refractivity (Wildman–Crippen MR) is 99.4 cm³/mol. The molecule has 1 aliphatic heterocycles. The van der Waals surface area contributed by atoms with Crippen LogP contribution in [0.4, 0.5) is 9.59 Å². The predicted octanol–water partition coefficient (Wildman–Crippen LogP) is 2.68. The summed E-state index contributed by atoms with van der Waals surface area (Å²) in [6.45, 7) is 6.53. The van der Waals surface area contributed by atoms with Crippen molar-refractivity contribution in [3.63, 3.8) is 0 Å². The number of carbonyl (C=O) groups excluding carboxylic acids is 2. The van der Waals surface area contributed by atoms with Gasteiger partial charge in [0.25, 0.3) is 0 Å². The Hall–Kier alpha value is -2.44. The van der Waals surface area contributed by atoms with Crippen molar-refractivity contribution in [2.75, 3.05) is 32.8 Å². The number of benzene rings is 1. The van der Waals surface area contributed by atoms with Gasteiger partial charge in [-0.2, -0.15) is 0 Å². The van der Waals surface area contributed by atoms with Crippen LogP contribution in [-0.4, -0.2) is 55.9 Å². The Morgan fingerprint density at radius 2 is 1.88 bits per heavy atom. The molecule has 7 nitrogen and oxygen atoms in total. The van der Waals surface area contributed by atoms with Gasteiger partial charge in [-0.1, -0.05) is 17.7 Å². The van der Waals surface area contributed by atoms with Crippen molar-refractivity contribution < 1.29 is 19.1 Å². The van der Waals surface area contributed by atoms with Crippen molar-refractivity contribution >= 4 is 12.1 Å². The second-order valence-electron chi connectivity index (χ2n) is 6.38. The van der Waals surface area contributed by atoms with E-state index in [1.807, 2.05) is 31.2 Å². The quantitative estimate of drug-likeness (QED) is 0.730. The van der Waals surface area contributed by atoms with Gasteiger partial charge < -0.3 is 25.0 Å². The average Bonchev–Trinajstić information content (AvgIpc) is 2.64. The highest BCUT2D eigenvalue weighted by atomic mass is 16.6. The lowest BCUT2D eigenvalue weighted by Crippen LogP contribution is -2.49. The van der Waals surface area contributed by atoms with E-state index in [1.165, 1.54) is 5.56 Å². The van der Waals surface area contributed by atoms with Crippen LogP contribution in [0.3, 0.4) is 0 Å². The third-order valence-electron chi connectivity index (χ3n) is 4.25. The van der Waals surface area contributed by atoms with Gasteiger partial charge in [0.2, 0.25) is 0 Å². The summed E-state index contributed by atoms with van der Waals surface area (Å²) in [7, 11) is 0. The number of nitrogens with one attached hydrogen (secondary N) is 2. The first-order valence-corrected chi connectivity index (χ1v) is 9.24. The molecular formula is C19H29N3O4. The van der Waals surface area contributed by atoms with E-state index in [9.17, 15) is 9.59 Å². The Kier molecular flexibility index (Phi) is 8.05. The van der Waals surface area contributed by atoms with Crippen LogP contribution in [0.25, 0.3) is 0 Å². The summed E-state index contributed by atoms with van der Waals surface area (Å²) in [5.41, 5.74) is 1.20. The standard InChI is InChI=1S/C19H29N3O4/c1-3-25-19(24)22-12-9-16(10-13-22)21-18(23)20-11-4-14-26-17-7-5-15(2)6-8-17/h5-8,16H,3-4,9-14H2,1-2H3,(H2,20,21,23). The van der Waals surface area contributed by atoms with E-state index in [-0.39, 0.29) is 18.2 Å². The summed E-state index contributed by atoms with van der Waals surface area (Å²) < 4.78 is 10.6. The molecule has 1 fully saturated rings.